The van der Waals surface area contributed by atoms with Gasteiger partial charge in [0.15, 0.2) is 0 Å². The summed E-state index contributed by atoms with van der Waals surface area (Å²) in [5.74, 6) is 5.16. The van der Waals surface area contributed by atoms with Gasteiger partial charge in [0.05, 0.1) is 5.56 Å². The second-order valence-electron chi connectivity index (χ2n) is 4.48. The molecular formula is C17H14ClFO2. The third-order valence-corrected chi connectivity index (χ3v) is 3.19. The third kappa shape index (κ3) is 4.22. The van der Waals surface area contributed by atoms with E-state index in [0.29, 0.717) is 16.3 Å². The molecule has 0 bridgehead atoms. The highest BCUT2D eigenvalue weighted by Gasteiger charge is 2.06. The van der Waals surface area contributed by atoms with E-state index in [9.17, 15) is 4.39 Å². The molecule has 2 aromatic carbocycles. The number of rotatable bonds is 3. The van der Waals surface area contributed by atoms with Crippen LogP contribution >= 0.6 is 11.6 Å². The summed E-state index contributed by atoms with van der Waals surface area (Å²) >= 11 is 6.14. The molecule has 0 aliphatic rings. The summed E-state index contributed by atoms with van der Waals surface area (Å²) in [6.07, 6.45) is 0. The van der Waals surface area contributed by atoms with Crippen molar-refractivity contribution in [2.75, 3.05) is 6.61 Å². The van der Waals surface area contributed by atoms with E-state index in [1.54, 1.807) is 0 Å². The zero-order valence-corrected chi connectivity index (χ0v) is 12.2. The molecule has 0 spiro atoms. The van der Waals surface area contributed by atoms with Crippen molar-refractivity contribution in [3.63, 3.8) is 0 Å². The van der Waals surface area contributed by atoms with Gasteiger partial charge in [0, 0.05) is 16.7 Å². The fourth-order valence-corrected chi connectivity index (χ4v) is 2.07. The van der Waals surface area contributed by atoms with Gasteiger partial charge in [-0.15, -0.1) is 0 Å². The molecule has 4 heteroatoms. The third-order valence-electron chi connectivity index (χ3n) is 2.84. The van der Waals surface area contributed by atoms with Gasteiger partial charge in [0.2, 0.25) is 0 Å². The normalized spacial score (nSPS) is 9.90. The second kappa shape index (κ2) is 7.12. The number of hydrogen-bond acceptors (Lipinski definition) is 2. The first kappa shape index (κ1) is 15.4. The zero-order valence-electron chi connectivity index (χ0n) is 11.5. The first-order valence-electron chi connectivity index (χ1n) is 6.37. The predicted molar refractivity (Wildman–Crippen MR) is 80.9 cm³/mol. The highest BCUT2D eigenvalue weighted by atomic mass is 35.5. The Morgan fingerprint density at radius 1 is 1.24 bits per heavy atom. The Labute approximate surface area is 128 Å². The van der Waals surface area contributed by atoms with Crippen LogP contribution in [0.25, 0.3) is 0 Å². The average molecular weight is 305 g/mol. The van der Waals surface area contributed by atoms with Crippen LogP contribution in [0.4, 0.5) is 4.39 Å². The lowest BCUT2D eigenvalue weighted by atomic mass is 10.1. The van der Waals surface area contributed by atoms with Crippen LogP contribution in [0.3, 0.4) is 0 Å². The van der Waals surface area contributed by atoms with Crippen LogP contribution in [-0.2, 0) is 6.61 Å². The highest BCUT2D eigenvalue weighted by Crippen LogP contribution is 2.23. The zero-order chi connectivity index (χ0) is 15.2. The number of ether oxygens (including phenoxy) is 1. The SMILES string of the molecule is Cc1ccc(COc2cc(F)ccc2C#CCO)c(Cl)c1. The number of benzene rings is 2. The number of aliphatic hydroxyl groups excluding tert-OH is 1. The van der Waals surface area contributed by atoms with Crippen molar-refractivity contribution >= 4 is 11.6 Å². The Morgan fingerprint density at radius 3 is 2.76 bits per heavy atom. The van der Waals surface area contributed by atoms with Crippen LogP contribution in [-0.4, -0.2) is 11.7 Å². The van der Waals surface area contributed by atoms with E-state index in [1.807, 2.05) is 25.1 Å². The minimum absolute atomic E-state index is 0.219. The van der Waals surface area contributed by atoms with Crippen LogP contribution in [0.2, 0.25) is 5.02 Å². The molecule has 1 N–H and O–H groups in total. The number of hydrogen-bond donors (Lipinski definition) is 1. The van der Waals surface area contributed by atoms with E-state index in [1.165, 1.54) is 18.2 Å². The van der Waals surface area contributed by atoms with Gasteiger partial charge in [-0.05, 0) is 30.7 Å². The van der Waals surface area contributed by atoms with Crippen molar-refractivity contribution in [1.82, 2.24) is 0 Å². The smallest absolute Gasteiger partial charge is 0.138 e. The minimum atomic E-state index is -0.408. The molecule has 108 valence electrons. The van der Waals surface area contributed by atoms with E-state index in [4.69, 9.17) is 21.4 Å². The first-order chi connectivity index (χ1) is 10.1. The molecule has 21 heavy (non-hydrogen) atoms. The lowest BCUT2D eigenvalue weighted by Crippen LogP contribution is -1.99. The van der Waals surface area contributed by atoms with Gasteiger partial charge in [0.25, 0.3) is 0 Å². The first-order valence-corrected chi connectivity index (χ1v) is 6.75. The van der Waals surface area contributed by atoms with Crippen LogP contribution in [0.5, 0.6) is 5.75 Å². The van der Waals surface area contributed by atoms with Gasteiger partial charge in [-0.25, -0.2) is 4.39 Å². The minimum Gasteiger partial charge on any atom is -0.487 e. The molecule has 0 unspecified atom stereocenters. The molecule has 2 rings (SSSR count). The standard InChI is InChI=1S/C17H14ClFO2/c1-12-4-5-14(16(18)9-12)11-21-17-10-15(19)7-6-13(17)3-2-8-20/h4-7,9-10,20H,8,11H2,1H3. The number of halogens is 2. The Hall–Kier alpha value is -2.02. The summed E-state index contributed by atoms with van der Waals surface area (Å²) < 4.78 is 18.9. The summed E-state index contributed by atoms with van der Waals surface area (Å²) in [4.78, 5) is 0. The Bertz CT molecular complexity index is 702. The quantitative estimate of drug-likeness (QED) is 0.876. The predicted octanol–water partition coefficient (Wildman–Crippen LogP) is 3.71. The van der Waals surface area contributed by atoms with Gasteiger partial charge in [0.1, 0.15) is 24.8 Å². The van der Waals surface area contributed by atoms with Crippen molar-refractivity contribution in [3.8, 4) is 17.6 Å². The molecule has 2 nitrogen and oxygen atoms in total. The van der Waals surface area contributed by atoms with Crippen LogP contribution < -0.4 is 4.74 Å². The summed E-state index contributed by atoms with van der Waals surface area (Å²) in [5, 5.41) is 9.34. The fraction of sp³-hybridized carbons (Fsp3) is 0.176. The fourth-order valence-electron chi connectivity index (χ4n) is 1.78. The molecular weight excluding hydrogens is 291 g/mol. The van der Waals surface area contributed by atoms with Crippen molar-refractivity contribution < 1.29 is 14.2 Å². The van der Waals surface area contributed by atoms with Crippen molar-refractivity contribution in [2.24, 2.45) is 0 Å². The maximum Gasteiger partial charge on any atom is 0.138 e. The monoisotopic (exact) mass is 304 g/mol. The Kier molecular flexibility index (Phi) is 5.21. The van der Waals surface area contributed by atoms with E-state index < -0.39 is 5.82 Å². The van der Waals surface area contributed by atoms with Gasteiger partial charge in [-0.3, -0.25) is 0 Å². The molecule has 0 heterocycles. The number of aryl methyl sites for hydroxylation is 1. The molecule has 0 saturated heterocycles. The topological polar surface area (TPSA) is 29.5 Å². The van der Waals surface area contributed by atoms with Gasteiger partial charge in [-0.1, -0.05) is 35.6 Å². The van der Waals surface area contributed by atoms with E-state index in [2.05, 4.69) is 11.8 Å². The van der Waals surface area contributed by atoms with Gasteiger partial charge < -0.3 is 9.84 Å². The molecule has 0 fully saturated rings. The molecule has 0 aliphatic heterocycles. The molecule has 0 saturated carbocycles. The maximum absolute atomic E-state index is 13.3. The molecule has 0 amide bonds. The average Bonchev–Trinajstić information content (AvgIpc) is 2.45. The van der Waals surface area contributed by atoms with E-state index in [0.717, 1.165) is 11.1 Å². The van der Waals surface area contributed by atoms with Gasteiger partial charge in [-0.2, -0.15) is 0 Å². The molecule has 0 radical (unpaired) electrons. The molecule has 2 aromatic rings. The summed E-state index contributed by atoms with van der Waals surface area (Å²) in [7, 11) is 0. The lowest BCUT2D eigenvalue weighted by Gasteiger charge is -2.10. The van der Waals surface area contributed by atoms with Crippen LogP contribution in [0.1, 0.15) is 16.7 Å². The Balaban J connectivity index is 2.20. The summed E-state index contributed by atoms with van der Waals surface area (Å²) in [6.45, 7) is 1.91. The van der Waals surface area contributed by atoms with Gasteiger partial charge >= 0.3 is 0 Å². The van der Waals surface area contributed by atoms with Crippen LogP contribution in [0.15, 0.2) is 36.4 Å². The highest BCUT2D eigenvalue weighted by molar-refractivity contribution is 6.31. The Morgan fingerprint density at radius 2 is 2.05 bits per heavy atom. The summed E-state index contributed by atoms with van der Waals surface area (Å²) in [6, 6.07) is 9.73. The van der Waals surface area contributed by atoms with E-state index >= 15 is 0 Å². The largest absolute Gasteiger partial charge is 0.487 e. The molecule has 0 aromatic heterocycles. The molecule has 0 aliphatic carbocycles. The maximum atomic E-state index is 13.3. The summed E-state index contributed by atoms with van der Waals surface area (Å²) in [5.41, 5.74) is 2.39. The van der Waals surface area contributed by atoms with Crippen molar-refractivity contribution in [3.05, 3.63) is 63.9 Å². The van der Waals surface area contributed by atoms with Crippen molar-refractivity contribution in [2.45, 2.75) is 13.5 Å². The number of aliphatic hydroxyl groups is 1. The van der Waals surface area contributed by atoms with E-state index in [-0.39, 0.29) is 13.2 Å². The molecule has 0 atom stereocenters. The second-order valence-corrected chi connectivity index (χ2v) is 4.89. The lowest BCUT2D eigenvalue weighted by molar-refractivity contribution is 0.304. The van der Waals surface area contributed by atoms with Crippen molar-refractivity contribution in [1.29, 1.82) is 0 Å². The van der Waals surface area contributed by atoms with Crippen LogP contribution in [0, 0.1) is 24.6 Å².